The van der Waals surface area contributed by atoms with Crippen LogP contribution >= 0.6 is 0 Å². The Morgan fingerprint density at radius 3 is 3.22 bits per heavy atom. The lowest BCUT2D eigenvalue weighted by Crippen LogP contribution is -2.44. The van der Waals surface area contributed by atoms with Crippen molar-refractivity contribution in [1.29, 1.82) is 0 Å². The van der Waals surface area contributed by atoms with Gasteiger partial charge in [0, 0.05) is 19.5 Å². The monoisotopic (exact) mass is 320 g/mol. The largest absolute Gasteiger partial charge is 0.392 e. The normalized spacial score (nSPS) is 19.1. The second-order valence-corrected chi connectivity index (χ2v) is 5.98. The second-order valence-electron chi connectivity index (χ2n) is 5.98. The van der Waals surface area contributed by atoms with Crippen LogP contribution in [0.3, 0.4) is 0 Å². The molecule has 2 aromatic rings. The molecule has 0 radical (unpaired) electrons. The smallest absolute Gasteiger partial charge is 0.234 e. The van der Waals surface area contributed by atoms with E-state index < -0.39 is 0 Å². The maximum atomic E-state index is 13.1. The molecular weight excluding hydrogens is 299 g/mol. The number of rotatable bonds is 5. The molecule has 3 rings (SSSR count). The minimum absolute atomic E-state index is 0.0544. The van der Waals surface area contributed by atoms with Gasteiger partial charge in [-0.1, -0.05) is 0 Å². The van der Waals surface area contributed by atoms with Gasteiger partial charge in [-0.25, -0.2) is 9.37 Å². The number of carbonyl (C=O) groups is 1. The summed E-state index contributed by atoms with van der Waals surface area (Å²) >= 11 is 0. The van der Waals surface area contributed by atoms with Crippen molar-refractivity contribution in [3.63, 3.8) is 0 Å². The Hall–Kier alpha value is -1.99. The fourth-order valence-corrected chi connectivity index (χ4v) is 2.91. The highest BCUT2D eigenvalue weighted by Crippen LogP contribution is 2.13. The lowest BCUT2D eigenvalue weighted by molar-refractivity contribution is -0.122. The van der Waals surface area contributed by atoms with E-state index in [0.717, 1.165) is 30.7 Å². The number of nitrogens with one attached hydrogen (secondary N) is 2. The summed E-state index contributed by atoms with van der Waals surface area (Å²) in [6.45, 7) is 2.18. The molecule has 3 N–H and O–H groups in total. The summed E-state index contributed by atoms with van der Waals surface area (Å²) in [4.78, 5) is 21.3. The number of aliphatic hydroxyl groups is 1. The van der Waals surface area contributed by atoms with E-state index in [9.17, 15) is 14.3 Å². The number of H-pyrrole nitrogens is 1. The zero-order valence-electron chi connectivity index (χ0n) is 12.9. The van der Waals surface area contributed by atoms with Crippen molar-refractivity contribution in [2.24, 2.45) is 0 Å². The van der Waals surface area contributed by atoms with Gasteiger partial charge in [-0.05, 0) is 37.6 Å². The number of nitrogens with zero attached hydrogens (tertiary/aromatic N) is 2. The minimum Gasteiger partial charge on any atom is -0.392 e. The Bertz CT molecular complexity index is 688. The highest BCUT2D eigenvalue weighted by Gasteiger charge is 2.19. The van der Waals surface area contributed by atoms with Crippen molar-refractivity contribution >= 4 is 16.9 Å². The van der Waals surface area contributed by atoms with E-state index >= 15 is 0 Å². The molecule has 1 aliphatic heterocycles. The molecule has 1 aromatic heterocycles. The molecule has 23 heavy (non-hydrogen) atoms. The second kappa shape index (κ2) is 7.06. The first-order valence-corrected chi connectivity index (χ1v) is 7.91. The van der Waals surface area contributed by atoms with Crippen LogP contribution in [0.2, 0.25) is 0 Å². The summed E-state index contributed by atoms with van der Waals surface area (Å²) in [5.74, 6) is 0.366. The van der Waals surface area contributed by atoms with Gasteiger partial charge in [-0.15, -0.1) is 0 Å². The zero-order valence-corrected chi connectivity index (χ0v) is 12.9. The first-order chi connectivity index (χ1) is 11.1. The Morgan fingerprint density at radius 2 is 2.39 bits per heavy atom. The van der Waals surface area contributed by atoms with Crippen molar-refractivity contribution in [3.05, 3.63) is 29.8 Å². The number of fused-ring (bicyclic) bond motifs is 1. The number of β-amino-alcohol motifs (C(OH)–C–C–N with tert-alkyl or cyclic N) is 1. The van der Waals surface area contributed by atoms with Gasteiger partial charge in [0.05, 0.1) is 23.7 Å². The molecule has 2 heterocycles. The lowest BCUT2D eigenvalue weighted by atomic mass is 10.1. The summed E-state index contributed by atoms with van der Waals surface area (Å²) in [5, 5.41) is 12.4. The van der Waals surface area contributed by atoms with Crippen LogP contribution < -0.4 is 5.32 Å². The van der Waals surface area contributed by atoms with Gasteiger partial charge in [-0.3, -0.25) is 9.69 Å². The lowest BCUT2D eigenvalue weighted by Gasteiger charge is -2.29. The molecule has 7 heteroatoms. The van der Waals surface area contributed by atoms with Crippen molar-refractivity contribution < 1.29 is 14.3 Å². The zero-order chi connectivity index (χ0) is 16.2. The van der Waals surface area contributed by atoms with Gasteiger partial charge in [0.15, 0.2) is 0 Å². The van der Waals surface area contributed by atoms with E-state index in [1.165, 1.54) is 12.1 Å². The van der Waals surface area contributed by atoms with Crippen molar-refractivity contribution in [2.75, 3.05) is 26.2 Å². The Morgan fingerprint density at radius 1 is 1.52 bits per heavy atom. The number of benzene rings is 1. The number of hydrogen-bond acceptors (Lipinski definition) is 4. The SMILES string of the molecule is O=C(CN1CCC[C@H](O)C1)NCCc1nc2ccc(F)cc2[nH]1. The number of carbonyl (C=O) groups excluding carboxylic acids is 1. The Labute approximate surface area is 133 Å². The summed E-state index contributed by atoms with van der Waals surface area (Å²) < 4.78 is 13.1. The molecule has 0 unspecified atom stereocenters. The van der Waals surface area contributed by atoms with Gasteiger partial charge in [0.25, 0.3) is 0 Å². The number of aliphatic hydroxyl groups excluding tert-OH is 1. The first kappa shape index (κ1) is 15.9. The topological polar surface area (TPSA) is 81.2 Å². The van der Waals surface area contributed by atoms with Crippen molar-refractivity contribution in [3.8, 4) is 0 Å². The van der Waals surface area contributed by atoms with E-state index in [1.807, 2.05) is 4.90 Å². The predicted molar refractivity (Wildman–Crippen MR) is 84.4 cm³/mol. The number of halogens is 1. The minimum atomic E-state index is -0.326. The number of piperidine rings is 1. The molecule has 0 aliphatic carbocycles. The van der Waals surface area contributed by atoms with Gasteiger partial charge < -0.3 is 15.4 Å². The fourth-order valence-electron chi connectivity index (χ4n) is 2.91. The first-order valence-electron chi connectivity index (χ1n) is 7.91. The molecule has 1 aliphatic rings. The third-order valence-corrected chi connectivity index (χ3v) is 4.02. The summed E-state index contributed by atoms with van der Waals surface area (Å²) in [5.41, 5.74) is 1.38. The number of hydrogen-bond donors (Lipinski definition) is 3. The van der Waals surface area contributed by atoms with E-state index in [0.29, 0.717) is 31.6 Å². The molecule has 1 fully saturated rings. The molecule has 1 saturated heterocycles. The van der Waals surface area contributed by atoms with Crippen LogP contribution in [0.4, 0.5) is 4.39 Å². The Balaban J connectivity index is 1.45. The van der Waals surface area contributed by atoms with Crippen molar-refractivity contribution in [2.45, 2.75) is 25.4 Å². The highest BCUT2D eigenvalue weighted by atomic mass is 19.1. The number of aromatic amines is 1. The molecule has 6 nitrogen and oxygen atoms in total. The fraction of sp³-hybridized carbons (Fsp3) is 0.500. The maximum absolute atomic E-state index is 13.1. The summed E-state index contributed by atoms with van der Waals surface area (Å²) in [7, 11) is 0. The number of amides is 1. The van der Waals surface area contributed by atoms with Crippen LogP contribution in [0.25, 0.3) is 11.0 Å². The molecule has 0 spiro atoms. The predicted octanol–water partition coefficient (Wildman–Crippen LogP) is 0.817. The molecule has 124 valence electrons. The average Bonchev–Trinajstić information content (AvgIpc) is 2.89. The molecular formula is C16H21FN4O2. The molecule has 1 aromatic carbocycles. The molecule has 0 bridgehead atoms. The van der Waals surface area contributed by atoms with E-state index in [2.05, 4.69) is 15.3 Å². The number of likely N-dealkylation sites (tertiary alicyclic amines) is 1. The maximum Gasteiger partial charge on any atom is 0.234 e. The molecule has 1 atom stereocenters. The van der Waals surface area contributed by atoms with Gasteiger partial charge in [0.2, 0.25) is 5.91 Å². The molecule has 0 saturated carbocycles. The van der Waals surface area contributed by atoms with Crippen LogP contribution in [0.5, 0.6) is 0 Å². The van der Waals surface area contributed by atoms with E-state index in [1.54, 1.807) is 6.07 Å². The summed E-state index contributed by atoms with van der Waals surface area (Å²) in [6, 6.07) is 4.42. The van der Waals surface area contributed by atoms with E-state index in [4.69, 9.17) is 0 Å². The number of imidazole rings is 1. The number of aromatic nitrogens is 2. The quantitative estimate of drug-likeness (QED) is 0.762. The van der Waals surface area contributed by atoms with Crippen LogP contribution in [-0.4, -0.2) is 58.2 Å². The molecule has 1 amide bonds. The third kappa shape index (κ3) is 4.27. The van der Waals surface area contributed by atoms with Crippen LogP contribution in [-0.2, 0) is 11.2 Å². The van der Waals surface area contributed by atoms with Crippen molar-refractivity contribution in [1.82, 2.24) is 20.2 Å². The summed E-state index contributed by atoms with van der Waals surface area (Å²) in [6.07, 6.45) is 1.96. The van der Waals surface area contributed by atoms with Crippen LogP contribution in [0.15, 0.2) is 18.2 Å². The van der Waals surface area contributed by atoms with Gasteiger partial charge >= 0.3 is 0 Å². The Kier molecular flexibility index (Phi) is 4.88. The third-order valence-electron chi connectivity index (χ3n) is 4.02. The standard InChI is InChI=1S/C16H21FN4O2/c17-11-3-4-13-14(8-11)20-15(19-13)5-6-18-16(23)10-21-7-1-2-12(22)9-21/h3-4,8,12,22H,1-2,5-7,9-10H2,(H,18,23)(H,19,20)/t12-/m0/s1. The van der Waals surface area contributed by atoms with E-state index in [-0.39, 0.29) is 17.8 Å². The highest BCUT2D eigenvalue weighted by molar-refractivity contribution is 5.78. The van der Waals surface area contributed by atoms with Crippen LogP contribution in [0, 0.1) is 5.82 Å². The average molecular weight is 320 g/mol. The van der Waals surface area contributed by atoms with Gasteiger partial charge in [-0.2, -0.15) is 0 Å². The van der Waals surface area contributed by atoms with Crippen LogP contribution in [0.1, 0.15) is 18.7 Å². The van der Waals surface area contributed by atoms with Gasteiger partial charge in [0.1, 0.15) is 11.6 Å².